The Balaban J connectivity index is 0.000000847. The van der Waals surface area contributed by atoms with Crippen molar-refractivity contribution in [3.63, 3.8) is 0 Å². The van der Waals surface area contributed by atoms with Crippen molar-refractivity contribution in [3.05, 3.63) is 0 Å². The third kappa shape index (κ3) is 4.26. The van der Waals surface area contributed by atoms with E-state index in [1.807, 2.05) is 13.8 Å². The molecule has 0 N–H and O–H groups in total. The van der Waals surface area contributed by atoms with E-state index in [9.17, 15) is 0 Å². The minimum atomic E-state index is 0.569. The number of nitrogens with zero attached hydrogens (tertiary/aromatic N) is 1. The summed E-state index contributed by atoms with van der Waals surface area (Å²) in [6.07, 6.45) is 13.3. The maximum atomic E-state index is 5.80. The molecule has 0 atom stereocenters. The molecule has 0 unspecified atom stereocenters. The average Bonchev–Trinajstić information content (AvgIpc) is 2.56. The topological polar surface area (TPSA) is 12.5 Å². The van der Waals surface area contributed by atoms with Gasteiger partial charge in [-0.1, -0.05) is 27.2 Å². The summed E-state index contributed by atoms with van der Waals surface area (Å²) in [6.45, 7) is 12.2. The van der Waals surface area contributed by atoms with Crippen LogP contribution in [0.2, 0.25) is 0 Å². The predicted octanol–water partition coefficient (Wildman–Crippen LogP) is 5.26. The Labute approximate surface area is 139 Å². The van der Waals surface area contributed by atoms with E-state index in [0.29, 0.717) is 11.5 Å². The molecule has 0 aromatic rings. The molecule has 1 saturated heterocycles. The Morgan fingerprint density at radius 2 is 1.50 bits per heavy atom. The zero-order chi connectivity index (χ0) is 16.0. The molecule has 0 radical (unpaired) electrons. The molecule has 2 aliphatic carbocycles. The summed E-state index contributed by atoms with van der Waals surface area (Å²) in [6, 6.07) is 0.924. The van der Waals surface area contributed by atoms with E-state index in [0.717, 1.165) is 18.6 Å². The van der Waals surface area contributed by atoms with Crippen LogP contribution in [0, 0.1) is 11.3 Å². The van der Waals surface area contributed by atoms with Gasteiger partial charge in [0.15, 0.2) is 0 Å². The number of hydrogen-bond acceptors (Lipinski definition) is 2. The van der Waals surface area contributed by atoms with Crippen LogP contribution in [0.4, 0.5) is 0 Å². The van der Waals surface area contributed by atoms with E-state index in [1.54, 1.807) is 0 Å². The molecule has 22 heavy (non-hydrogen) atoms. The highest BCUT2D eigenvalue weighted by atomic mass is 16.5. The van der Waals surface area contributed by atoms with Crippen molar-refractivity contribution in [1.82, 2.24) is 4.90 Å². The highest BCUT2D eigenvalue weighted by molar-refractivity contribution is 5.00. The van der Waals surface area contributed by atoms with E-state index >= 15 is 0 Å². The molecule has 2 saturated carbocycles. The van der Waals surface area contributed by atoms with E-state index in [-0.39, 0.29) is 0 Å². The first kappa shape index (κ1) is 18.3. The van der Waals surface area contributed by atoms with Crippen molar-refractivity contribution in [3.8, 4) is 0 Å². The molecule has 0 bridgehead atoms. The Hall–Kier alpha value is -0.0800. The van der Waals surface area contributed by atoms with Crippen molar-refractivity contribution in [2.24, 2.45) is 11.3 Å². The first-order valence-corrected chi connectivity index (χ1v) is 10.1. The normalized spacial score (nSPS) is 32.2. The summed E-state index contributed by atoms with van der Waals surface area (Å²) < 4.78 is 5.80. The number of hydrogen-bond donors (Lipinski definition) is 0. The fraction of sp³-hybridized carbons (Fsp3) is 1.00. The summed E-state index contributed by atoms with van der Waals surface area (Å²) >= 11 is 0. The monoisotopic (exact) mass is 309 g/mol. The summed E-state index contributed by atoms with van der Waals surface area (Å²) in [5, 5.41) is 0. The van der Waals surface area contributed by atoms with Gasteiger partial charge in [0.25, 0.3) is 0 Å². The second kappa shape index (κ2) is 8.68. The predicted molar refractivity (Wildman–Crippen MR) is 95.3 cm³/mol. The fourth-order valence-corrected chi connectivity index (χ4v) is 4.91. The molecule has 2 nitrogen and oxygen atoms in total. The molecule has 0 aromatic carbocycles. The van der Waals surface area contributed by atoms with E-state index in [4.69, 9.17) is 4.74 Å². The maximum absolute atomic E-state index is 5.80. The Kier molecular flexibility index (Phi) is 7.21. The standard InChI is InChI=1S/C18H33NO.C2H6/c1-3-15-5-7-16(8-6-15)19-13-18(14-19)11-9-17(10-12-18)20-4-2;1-2/h15-17H,3-14H2,1-2H3;1-2H3. The van der Waals surface area contributed by atoms with Crippen LogP contribution in [0.1, 0.15) is 85.5 Å². The van der Waals surface area contributed by atoms with E-state index < -0.39 is 0 Å². The minimum absolute atomic E-state index is 0.569. The van der Waals surface area contributed by atoms with Gasteiger partial charge >= 0.3 is 0 Å². The molecule has 3 rings (SSSR count). The van der Waals surface area contributed by atoms with Gasteiger partial charge in [-0.2, -0.15) is 0 Å². The molecule has 0 amide bonds. The highest BCUT2D eigenvalue weighted by Gasteiger charge is 2.47. The van der Waals surface area contributed by atoms with Gasteiger partial charge in [-0.05, 0) is 69.6 Å². The van der Waals surface area contributed by atoms with E-state index in [2.05, 4.69) is 18.7 Å². The lowest BCUT2D eigenvalue weighted by Crippen LogP contribution is -2.61. The lowest BCUT2D eigenvalue weighted by Gasteiger charge is -2.57. The van der Waals surface area contributed by atoms with Crippen molar-refractivity contribution in [2.45, 2.75) is 97.6 Å². The molecule has 130 valence electrons. The van der Waals surface area contributed by atoms with Crippen LogP contribution in [0.25, 0.3) is 0 Å². The van der Waals surface area contributed by atoms with Gasteiger partial charge in [0.1, 0.15) is 0 Å². The Morgan fingerprint density at radius 1 is 0.909 bits per heavy atom. The summed E-state index contributed by atoms with van der Waals surface area (Å²) in [5.74, 6) is 1.03. The van der Waals surface area contributed by atoms with Crippen LogP contribution < -0.4 is 0 Å². The lowest BCUT2D eigenvalue weighted by atomic mass is 9.66. The van der Waals surface area contributed by atoms with Crippen molar-refractivity contribution < 1.29 is 4.74 Å². The smallest absolute Gasteiger partial charge is 0.0575 e. The van der Waals surface area contributed by atoms with Crippen LogP contribution in [-0.4, -0.2) is 36.7 Å². The van der Waals surface area contributed by atoms with Crippen molar-refractivity contribution in [2.75, 3.05) is 19.7 Å². The number of likely N-dealkylation sites (tertiary alicyclic amines) is 1. The Morgan fingerprint density at radius 3 is 2.00 bits per heavy atom. The SMILES string of the molecule is CC.CCOC1CCC2(CC1)CN(C1CCC(CC)CC1)C2. The molecule has 1 heterocycles. The van der Waals surface area contributed by atoms with Gasteiger partial charge in [0.2, 0.25) is 0 Å². The van der Waals surface area contributed by atoms with Crippen molar-refractivity contribution >= 4 is 0 Å². The van der Waals surface area contributed by atoms with Crippen LogP contribution in [-0.2, 0) is 4.74 Å². The molecule has 0 aromatic heterocycles. The molecular formula is C20H39NO. The third-order valence-corrected chi connectivity index (χ3v) is 6.38. The van der Waals surface area contributed by atoms with Crippen LogP contribution in [0.3, 0.4) is 0 Å². The number of ether oxygens (including phenoxy) is 1. The quantitative estimate of drug-likeness (QED) is 0.702. The first-order valence-electron chi connectivity index (χ1n) is 10.1. The largest absolute Gasteiger partial charge is 0.379 e. The van der Waals surface area contributed by atoms with Crippen LogP contribution >= 0.6 is 0 Å². The lowest BCUT2D eigenvalue weighted by molar-refractivity contribution is -0.0923. The molecule has 2 heteroatoms. The molecule has 1 aliphatic heterocycles. The average molecular weight is 310 g/mol. The fourth-order valence-electron chi connectivity index (χ4n) is 4.91. The minimum Gasteiger partial charge on any atom is -0.379 e. The first-order chi connectivity index (χ1) is 10.7. The van der Waals surface area contributed by atoms with Crippen LogP contribution in [0.5, 0.6) is 0 Å². The number of rotatable bonds is 4. The van der Waals surface area contributed by atoms with Gasteiger partial charge in [0, 0.05) is 25.7 Å². The summed E-state index contributed by atoms with van der Waals surface area (Å²) in [4.78, 5) is 2.81. The second-order valence-corrected chi connectivity index (χ2v) is 7.64. The van der Waals surface area contributed by atoms with Gasteiger partial charge < -0.3 is 4.74 Å². The van der Waals surface area contributed by atoms with Gasteiger partial charge in [-0.15, -0.1) is 0 Å². The molecule has 1 spiro atoms. The highest BCUT2D eigenvalue weighted by Crippen LogP contribution is 2.46. The van der Waals surface area contributed by atoms with Crippen LogP contribution in [0.15, 0.2) is 0 Å². The van der Waals surface area contributed by atoms with Gasteiger partial charge in [-0.25, -0.2) is 0 Å². The summed E-state index contributed by atoms with van der Waals surface area (Å²) in [5.41, 5.74) is 0.690. The molecule has 3 aliphatic rings. The van der Waals surface area contributed by atoms with E-state index in [1.165, 1.54) is 70.9 Å². The summed E-state index contributed by atoms with van der Waals surface area (Å²) in [7, 11) is 0. The van der Waals surface area contributed by atoms with Gasteiger partial charge in [0.05, 0.1) is 6.10 Å². The second-order valence-electron chi connectivity index (χ2n) is 7.64. The van der Waals surface area contributed by atoms with Gasteiger partial charge in [-0.3, -0.25) is 4.90 Å². The third-order valence-electron chi connectivity index (χ3n) is 6.38. The molecular weight excluding hydrogens is 270 g/mol. The zero-order valence-corrected chi connectivity index (χ0v) is 15.6. The maximum Gasteiger partial charge on any atom is 0.0575 e. The van der Waals surface area contributed by atoms with Crippen molar-refractivity contribution in [1.29, 1.82) is 0 Å². The Bertz CT molecular complexity index is 293. The molecule has 3 fully saturated rings. The zero-order valence-electron chi connectivity index (χ0n) is 15.6.